The molecule has 0 bridgehead atoms. The number of amides is 2. The summed E-state index contributed by atoms with van der Waals surface area (Å²) >= 11 is 0. The third-order valence-electron chi connectivity index (χ3n) is 4.17. The lowest BCUT2D eigenvalue weighted by Crippen LogP contribution is -2.42. The van der Waals surface area contributed by atoms with Gasteiger partial charge in [0.25, 0.3) is 5.91 Å². The van der Waals surface area contributed by atoms with Crippen molar-refractivity contribution in [3.8, 4) is 0 Å². The summed E-state index contributed by atoms with van der Waals surface area (Å²) in [7, 11) is 0. The molecule has 0 radical (unpaired) electrons. The topological polar surface area (TPSA) is 89.8 Å². The van der Waals surface area contributed by atoms with E-state index in [0.717, 1.165) is 16.5 Å². The quantitative estimate of drug-likeness (QED) is 0.428. The normalized spacial score (nSPS) is 11.0. The fourth-order valence-electron chi connectivity index (χ4n) is 2.91. The number of nitrogens with one attached hydrogen (secondary N) is 4. The molecule has 0 spiro atoms. The lowest BCUT2D eigenvalue weighted by Gasteiger charge is -2.06. The summed E-state index contributed by atoms with van der Waals surface area (Å²) in [5.41, 5.74) is 7.42. The van der Waals surface area contributed by atoms with Crippen molar-refractivity contribution in [2.45, 2.75) is 6.42 Å². The summed E-state index contributed by atoms with van der Waals surface area (Å²) in [6, 6.07) is 13.4. The van der Waals surface area contributed by atoms with Crippen LogP contribution in [0.1, 0.15) is 16.1 Å². The largest absolute Gasteiger partial charge is 0.361 e. The van der Waals surface area contributed by atoms with Crippen LogP contribution < -0.4 is 10.9 Å². The molecule has 0 unspecified atom stereocenters. The second kappa shape index (κ2) is 6.36. The molecule has 0 aliphatic rings. The van der Waals surface area contributed by atoms with Crippen LogP contribution in [0.15, 0.2) is 54.7 Å². The van der Waals surface area contributed by atoms with Crippen molar-refractivity contribution in [2.75, 3.05) is 0 Å². The minimum Gasteiger partial charge on any atom is -0.361 e. The summed E-state index contributed by atoms with van der Waals surface area (Å²) < 4.78 is 13.2. The van der Waals surface area contributed by atoms with E-state index in [-0.39, 0.29) is 23.8 Å². The van der Waals surface area contributed by atoms with Crippen LogP contribution in [0.2, 0.25) is 0 Å². The highest BCUT2D eigenvalue weighted by molar-refractivity contribution is 5.99. The molecule has 2 aromatic heterocycles. The van der Waals surface area contributed by atoms with Gasteiger partial charge in [-0.05, 0) is 35.9 Å². The molecule has 0 saturated heterocycles. The standard InChI is InChI=1S/C19H15FN4O2/c20-13-5-6-15-11(7-13)8-17(22-15)19(26)24-23-18(25)9-12-10-21-16-4-2-1-3-14(12)16/h1-8,10,21-22H,9H2,(H,23,25)(H,24,26). The van der Waals surface area contributed by atoms with Crippen LogP contribution in [0.4, 0.5) is 4.39 Å². The van der Waals surface area contributed by atoms with E-state index in [2.05, 4.69) is 20.8 Å². The van der Waals surface area contributed by atoms with Gasteiger partial charge in [-0.3, -0.25) is 20.4 Å². The maximum atomic E-state index is 13.2. The van der Waals surface area contributed by atoms with Gasteiger partial charge in [-0.2, -0.15) is 0 Å². The van der Waals surface area contributed by atoms with Crippen LogP contribution in [0, 0.1) is 5.82 Å². The number of H-pyrrole nitrogens is 2. The number of carbonyl (C=O) groups excluding carboxylic acids is 2. The number of hydrogen-bond donors (Lipinski definition) is 4. The summed E-state index contributed by atoms with van der Waals surface area (Å²) in [6.07, 6.45) is 1.90. The molecule has 4 aromatic rings. The van der Waals surface area contributed by atoms with Gasteiger partial charge in [0.15, 0.2) is 0 Å². The fraction of sp³-hybridized carbons (Fsp3) is 0.0526. The molecule has 2 heterocycles. The van der Waals surface area contributed by atoms with Crippen molar-refractivity contribution in [1.82, 2.24) is 20.8 Å². The number of benzene rings is 2. The van der Waals surface area contributed by atoms with Gasteiger partial charge in [-0.15, -0.1) is 0 Å². The SMILES string of the molecule is O=C(Cc1c[nH]c2ccccc12)NNC(=O)c1cc2cc(F)ccc2[nH]1. The maximum Gasteiger partial charge on any atom is 0.286 e. The number of hydrazine groups is 1. The Bertz CT molecular complexity index is 1130. The molecule has 0 fully saturated rings. The third kappa shape index (κ3) is 3.02. The van der Waals surface area contributed by atoms with E-state index in [0.29, 0.717) is 10.9 Å². The number of hydrogen-bond acceptors (Lipinski definition) is 2. The van der Waals surface area contributed by atoms with Crippen LogP contribution in [0.3, 0.4) is 0 Å². The van der Waals surface area contributed by atoms with Gasteiger partial charge in [0.05, 0.1) is 6.42 Å². The highest BCUT2D eigenvalue weighted by Gasteiger charge is 2.12. The summed E-state index contributed by atoms with van der Waals surface area (Å²) in [4.78, 5) is 30.3. The molecule has 26 heavy (non-hydrogen) atoms. The number of carbonyl (C=O) groups is 2. The van der Waals surface area contributed by atoms with Gasteiger partial charge >= 0.3 is 0 Å². The van der Waals surface area contributed by atoms with Crippen LogP contribution in [-0.2, 0) is 11.2 Å². The molecule has 0 atom stereocenters. The average Bonchev–Trinajstić information content (AvgIpc) is 3.24. The van der Waals surface area contributed by atoms with Crippen molar-refractivity contribution in [3.63, 3.8) is 0 Å². The van der Waals surface area contributed by atoms with Gasteiger partial charge in [0.1, 0.15) is 11.5 Å². The van der Waals surface area contributed by atoms with E-state index in [1.165, 1.54) is 18.2 Å². The highest BCUT2D eigenvalue weighted by Crippen LogP contribution is 2.18. The van der Waals surface area contributed by atoms with Crippen molar-refractivity contribution in [1.29, 1.82) is 0 Å². The zero-order valence-electron chi connectivity index (χ0n) is 13.6. The van der Waals surface area contributed by atoms with E-state index >= 15 is 0 Å². The number of fused-ring (bicyclic) bond motifs is 2. The molecule has 0 aliphatic carbocycles. The summed E-state index contributed by atoms with van der Waals surface area (Å²) in [5.74, 6) is -1.23. The molecule has 4 N–H and O–H groups in total. The Hall–Kier alpha value is -3.61. The first-order valence-corrected chi connectivity index (χ1v) is 8.02. The van der Waals surface area contributed by atoms with Crippen LogP contribution in [-0.4, -0.2) is 21.8 Å². The molecule has 0 aliphatic heterocycles. The Kier molecular flexibility index (Phi) is 3.89. The first-order chi connectivity index (χ1) is 12.6. The first kappa shape index (κ1) is 15.9. The van der Waals surface area contributed by atoms with E-state index in [9.17, 15) is 14.0 Å². The lowest BCUT2D eigenvalue weighted by molar-refractivity contribution is -0.121. The van der Waals surface area contributed by atoms with Gasteiger partial charge in [-0.25, -0.2) is 4.39 Å². The lowest BCUT2D eigenvalue weighted by atomic mass is 10.1. The predicted molar refractivity (Wildman–Crippen MR) is 95.9 cm³/mol. The van der Waals surface area contributed by atoms with Crippen molar-refractivity contribution >= 4 is 33.6 Å². The smallest absolute Gasteiger partial charge is 0.286 e. The molecule has 2 amide bonds. The predicted octanol–water partition coefficient (Wildman–Crippen LogP) is 2.79. The van der Waals surface area contributed by atoms with E-state index in [4.69, 9.17) is 0 Å². The Morgan fingerprint density at radius 3 is 2.73 bits per heavy atom. The Labute approximate surface area is 147 Å². The average molecular weight is 350 g/mol. The van der Waals surface area contributed by atoms with Gasteiger partial charge in [0.2, 0.25) is 5.91 Å². The van der Waals surface area contributed by atoms with E-state index in [1.54, 1.807) is 12.3 Å². The molecule has 4 rings (SSSR count). The second-order valence-corrected chi connectivity index (χ2v) is 5.95. The van der Waals surface area contributed by atoms with Crippen LogP contribution in [0.5, 0.6) is 0 Å². The number of rotatable bonds is 3. The number of para-hydroxylation sites is 1. The minimum absolute atomic E-state index is 0.127. The van der Waals surface area contributed by atoms with Crippen LogP contribution >= 0.6 is 0 Å². The van der Waals surface area contributed by atoms with Crippen molar-refractivity contribution in [3.05, 3.63) is 71.8 Å². The summed E-state index contributed by atoms with van der Waals surface area (Å²) in [5, 5.41) is 1.55. The highest BCUT2D eigenvalue weighted by atomic mass is 19.1. The van der Waals surface area contributed by atoms with E-state index < -0.39 is 5.91 Å². The zero-order valence-corrected chi connectivity index (χ0v) is 13.6. The molecule has 7 heteroatoms. The van der Waals surface area contributed by atoms with Gasteiger partial charge in [0, 0.05) is 28.0 Å². The molecule has 130 valence electrons. The Morgan fingerprint density at radius 1 is 1.00 bits per heavy atom. The molecule has 6 nitrogen and oxygen atoms in total. The maximum absolute atomic E-state index is 13.2. The first-order valence-electron chi connectivity index (χ1n) is 8.02. The Balaban J connectivity index is 1.41. The Morgan fingerprint density at radius 2 is 1.85 bits per heavy atom. The van der Waals surface area contributed by atoms with Crippen molar-refractivity contribution < 1.29 is 14.0 Å². The molecular formula is C19H15FN4O2. The van der Waals surface area contributed by atoms with Crippen molar-refractivity contribution in [2.24, 2.45) is 0 Å². The fourth-order valence-corrected chi connectivity index (χ4v) is 2.91. The van der Waals surface area contributed by atoms with E-state index in [1.807, 2.05) is 24.3 Å². The third-order valence-corrected chi connectivity index (χ3v) is 4.17. The number of halogens is 1. The summed E-state index contributed by atoms with van der Waals surface area (Å²) in [6.45, 7) is 0. The monoisotopic (exact) mass is 350 g/mol. The number of aromatic nitrogens is 2. The van der Waals surface area contributed by atoms with Gasteiger partial charge in [-0.1, -0.05) is 18.2 Å². The number of aromatic amines is 2. The molecule has 2 aromatic carbocycles. The van der Waals surface area contributed by atoms with Crippen LogP contribution in [0.25, 0.3) is 21.8 Å². The van der Waals surface area contributed by atoms with Gasteiger partial charge < -0.3 is 9.97 Å². The second-order valence-electron chi connectivity index (χ2n) is 5.95. The molecular weight excluding hydrogens is 335 g/mol. The minimum atomic E-state index is -0.506. The zero-order chi connectivity index (χ0) is 18.1. The molecule has 0 saturated carbocycles.